The average Bonchev–Trinajstić information content (AvgIpc) is 3.25. The van der Waals surface area contributed by atoms with E-state index >= 15 is 0 Å². The molecule has 4 nitrogen and oxygen atoms in total. The van der Waals surface area contributed by atoms with E-state index in [-0.39, 0.29) is 6.03 Å². The number of ether oxygens (including phenoxy) is 1. The lowest BCUT2D eigenvalue weighted by Gasteiger charge is -2.09. The van der Waals surface area contributed by atoms with Crippen LogP contribution in [0.15, 0.2) is 48.5 Å². The number of benzene rings is 2. The largest absolute Gasteiger partial charge is 0.457 e. The molecule has 3 rings (SSSR count). The number of rotatable bonds is 4. The van der Waals surface area contributed by atoms with Crippen LogP contribution >= 0.6 is 0 Å². The molecule has 0 radical (unpaired) electrons. The van der Waals surface area contributed by atoms with Gasteiger partial charge in [0.25, 0.3) is 0 Å². The zero-order valence-corrected chi connectivity index (χ0v) is 11.9. The minimum Gasteiger partial charge on any atom is -0.457 e. The van der Waals surface area contributed by atoms with E-state index in [0.717, 1.165) is 35.6 Å². The monoisotopic (exact) mass is 282 g/mol. The maximum Gasteiger partial charge on any atom is 0.319 e. The summed E-state index contributed by atoms with van der Waals surface area (Å²) in [6.07, 6.45) is 2.16. The zero-order chi connectivity index (χ0) is 14.7. The van der Waals surface area contributed by atoms with Crippen LogP contribution in [0, 0.1) is 6.92 Å². The average molecular weight is 282 g/mol. The van der Waals surface area contributed by atoms with E-state index in [1.807, 2.05) is 55.5 Å². The molecule has 0 unspecified atom stereocenters. The first-order chi connectivity index (χ1) is 10.2. The third-order valence-electron chi connectivity index (χ3n) is 3.25. The van der Waals surface area contributed by atoms with Gasteiger partial charge in [-0.2, -0.15) is 0 Å². The van der Waals surface area contributed by atoms with Crippen molar-refractivity contribution in [2.75, 3.05) is 5.32 Å². The number of urea groups is 1. The summed E-state index contributed by atoms with van der Waals surface area (Å²) in [7, 11) is 0. The maximum absolute atomic E-state index is 11.6. The third kappa shape index (κ3) is 3.99. The number of hydrogen-bond donors (Lipinski definition) is 2. The lowest BCUT2D eigenvalue weighted by Crippen LogP contribution is -2.30. The van der Waals surface area contributed by atoms with Gasteiger partial charge in [0, 0.05) is 11.7 Å². The Morgan fingerprint density at radius 3 is 2.52 bits per heavy atom. The highest BCUT2D eigenvalue weighted by Crippen LogP contribution is 2.24. The Morgan fingerprint density at radius 2 is 1.86 bits per heavy atom. The molecule has 0 saturated heterocycles. The van der Waals surface area contributed by atoms with Gasteiger partial charge in [0.05, 0.1) is 0 Å². The Morgan fingerprint density at radius 1 is 1.10 bits per heavy atom. The Balaban J connectivity index is 1.59. The molecule has 2 N–H and O–H groups in total. The second kappa shape index (κ2) is 5.87. The molecular weight excluding hydrogens is 264 g/mol. The molecule has 0 atom stereocenters. The van der Waals surface area contributed by atoms with Crippen LogP contribution in [0.1, 0.15) is 18.4 Å². The van der Waals surface area contributed by atoms with Gasteiger partial charge < -0.3 is 15.4 Å². The van der Waals surface area contributed by atoms with Gasteiger partial charge in [0.1, 0.15) is 11.5 Å². The molecule has 4 heteroatoms. The molecule has 21 heavy (non-hydrogen) atoms. The van der Waals surface area contributed by atoms with Gasteiger partial charge in [-0.15, -0.1) is 0 Å². The van der Waals surface area contributed by atoms with E-state index < -0.39 is 0 Å². The number of carbonyl (C=O) groups excluding carboxylic acids is 1. The van der Waals surface area contributed by atoms with Crippen LogP contribution in [0.4, 0.5) is 10.5 Å². The van der Waals surface area contributed by atoms with E-state index in [4.69, 9.17) is 4.74 Å². The van der Waals surface area contributed by atoms with Crippen LogP contribution in [0.2, 0.25) is 0 Å². The third-order valence-corrected chi connectivity index (χ3v) is 3.25. The smallest absolute Gasteiger partial charge is 0.319 e. The molecule has 0 aromatic heterocycles. The summed E-state index contributed by atoms with van der Waals surface area (Å²) in [4.78, 5) is 11.6. The van der Waals surface area contributed by atoms with E-state index in [1.165, 1.54) is 0 Å². The summed E-state index contributed by atoms with van der Waals surface area (Å²) in [5, 5.41) is 5.69. The molecule has 0 heterocycles. The predicted octanol–water partition coefficient (Wildman–Crippen LogP) is 4.07. The van der Waals surface area contributed by atoms with Crippen molar-refractivity contribution < 1.29 is 9.53 Å². The van der Waals surface area contributed by atoms with Crippen molar-refractivity contribution in [3.05, 3.63) is 54.1 Å². The molecule has 2 aromatic rings. The van der Waals surface area contributed by atoms with Gasteiger partial charge >= 0.3 is 6.03 Å². The SMILES string of the molecule is Cc1cccc(Oc2ccc(NC(=O)NC3CC3)cc2)c1. The van der Waals surface area contributed by atoms with Crippen LogP contribution < -0.4 is 15.4 Å². The highest BCUT2D eigenvalue weighted by Gasteiger charge is 2.23. The first-order valence-corrected chi connectivity index (χ1v) is 7.11. The summed E-state index contributed by atoms with van der Waals surface area (Å²) in [6.45, 7) is 2.03. The van der Waals surface area contributed by atoms with Crippen LogP contribution in [-0.2, 0) is 0 Å². The Kier molecular flexibility index (Phi) is 3.77. The quantitative estimate of drug-likeness (QED) is 0.888. The van der Waals surface area contributed by atoms with Gasteiger partial charge in [-0.1, -0.05) is 12.1 Å². The van der Waals surface area contributed by atoms with Gasteiger partial charge in [-0.25, -0.2) is 4.79 Å². The summed E-state index contributed by atoms with van der Waals surface area (Å²) < 4.78 is 5.77. The number of amides is 2. The van der Waals surface area contributed by atoms with E-state index in [9.17, 15) is 4.79 Å². The first-order valence-electron chi connectivity index (χ1n) is 7.11. The molecule has 0 bridgehead atoms. The van der Waals surface area contributed by atoms with Crippen molar-refractivity contribution in [1.82, 2.24) is 5.32 Å². The van der Waals surface area contributed by atoms with Gasteiger partial charge in [-0.3, -0.25) is 0 Å². The number of anilines is 1. The van der Waals surface area contributed by atoms with Crippen molar-refractivity contribution >= 4 is 11.7 Å². The molecule has 1 aliphatic rings. The first kappa shape index (κ1) is 13.5. The number of carbonyl (C=O) groups is 1. The van der Waals surface area contributed by atoms with Gasteiger partial charge in [-0.05, 0) is 61.7 Å². The highest BCUT2D eigenvalue weighted by molar-refractivity contribution is 5.89. The Hall–Kier alpha value is -2.49. The minimum atomic E-state index is -0.148. The second-order valence-electron chi connectivity index (χ2n) is 5.32. The van der Waals surface area contributed by atoms with Crippen LogP contribution in [0.5, 0.6) is 11.5 Å². The summed E-state index contributed by atoms with van der Waals surface area (Å²) in [6, 6.07) is 15.4. The summed E-state index contributed by atoms with van der Waals surface area (Å²) in [5.41, 5.74) is 1.91. The standard InChI is InChI=1S/C17H18N2O2/c1-12-3-2-4-16(11-12)21-15-9-7-14(8-10-15)19-17(20)18-13-5-6-13/h2-4,7-11,13H,5-6H2,1H3,(H2,18,19,20). The minimum absolute atomic E-state index is 0.148. The van der Waals surface area contributed by atoms with Crippen LogP contribution in [0.25, 0.3) is 0 Å². The van der Waals surface area contributed by atoms with E-state index in [2.05, 4.69) is 10.6 Å². The number of hydrogen-bond acceptors (Lipinski definition) is 2. The van der Waals surface area contributed by atoms with Crippen LogP contribution in [-0.4, -0.2) is 12.1 Å². The van der Waals surface area contributed by atoms with Gasteiger partial charge in [0.15, 0.2) is 0 Å². The molecule has 2 aromatic carbocycles. The maximum atomic E-state index is 11.6. The molecule has 0 spiro atoms. The van der Waals surface area contributed by atoms with Crippen molar-refractivity contribution in [2.45, 2.75) is 25.8 Å². The Bertz CT molecular complexity index is 633. The molecule has 108 valence electrons. The van der Waals surface area contributed by atoms with Gasteiger partial charge in [0.2, 0.25) is 0 Å². The molecule has 1 aliphatic carbocycles. The fourth-order valence-electron chi connectivity index (χ4n) is 2.00. The summed E-state index contributed by atoms with van der Waals surface area (Å²) >= 11 is 0. The Labute approximate surface area is 124 Å². The second-order valence-corrected chi connectivity index (χ2v) is 5.32. The van der Waals surface area contributed by atoms with Crippen LogP contribution in [0.3, 0.4) is 0 Å². The normalized spacial score (nSPS) is 13.6. The van der Waals surface area contributed by atoms with Crippen molar-refractivity contribution in [1.29, 1.82) is 0 Å². The fourth-order valence-corrected chi connectivity index (χ4v) is 2.00. The fraction of sp³-hybridized carbons (Fsp3) is 0.235. The molecule has 0 aliphatic heterocycles. The lowest BCUT2D eigenvalue weighted by molar-refractivity contribution is 0.251. The van der Waals surface area contributed by atoms with E-state index in [1.54, 1.807) is 0 Å². The van der Waals surface area contributed by atoms with Crippen molar-refractivity contribution in [3.63, 3.8) is 0 Å². The highest BCUT2D eigenvalue weighted by atomic mass is 16.5. The van der Waals surface area contributed by atoms with Crippen molar-refractivity contribution in [2.24, 2.45) is 0 Å². The molecule has 1 fully saturated rings. The topological polar surface area (TPSA) is 50.4 Å². The van der Waals surface area contributed by atoms with Crippen molar-refractivity contribution in [3.8, 4) is 11.5 Å². The summed E-state index contributed by atoms with van der Waals surface area (Å²) in [5.74, 6) is 1.55. The number of nitrogens with one attached hydrogen (secondary N) is 2. The van der Waals surface area contributed by atoms with E-state index in [0.29, 0.717) is 6.04 Å². The zero-order valence-electron chi connectivity index (χ0n) is 11.9. The number of aryl methyl sites for hydroxylation is 1. The molecule has 2 amide bonds. The lowest BCUT2D eigenvalue weighted by atomic mass is 10.2. The molecular formula is C17H18N2O2. The predicted molar refractivity (Wildman–Crippen MR) is 82.9 cm³/mol. The molecule has 1 saturated carbocycles.